The smallest absolute Gasteiger partial charge is 0.159 e. The Morgan fingerprint density at radius 1 is 0.314 bits per heavy atom. The number of fused-ring (bicyclic) bond motifs is 9. The molecule has 3 heteroatoms. The van der Waals surface area contributed by atoms with E-state index in [2.05, 4.69) is 185 Å². The molecule has 8 aromatic carbocycles. The predicted octanol–water partition coefficient (Wildman–Crippen LogP) is 13.1. The molecule has 3 aromatic heterocycles. The molecular formula is C48H30N2O. The summed E-state index contributed by atoms with van der Waals surface area (Å²) in [5.41, 5.74) is 13.5. The fourth-order valence-corrected chi connectivity index (χ4v) is 8.19. The van der Waals surface area contributed by atoms with Crippen LogP contribution < -0.4 is 0 Å². The van der Waals surface area contributed by atoms with Crippen molar-refractivity contribution in [1.29, 1.82) is 0 Å². The van der Waals surface area contributed by atoms with Crippen LogP contribution in [0, 0.1) is 0 Å². The predicted molar refractivity (Wildman–Crippen MR) is 213 cm³/mol. The lowest BCUT2D eigenvalue weighted by Gasteiger charge is -2.11. The topological polar surface area (TPSA) is 23.0 Å². The van der Waals surface area contributed by atoms with Crippen molar-refractivity contribution < 1.29 is 4.42 Å². The second-order valence-corrected chi connectivity index (χ2v) is 13.3. The van der Waals surface area contributed by atoms with E-state index in [-0.39, 0.29) is 0 Å². The molecule has 0 unspecified atom stereocenters. The van der Waals surface area contributed by atoms with E-state index in [1.165, 1.54) is 54.8 Å². The monoisotopic (exact) mass is 650 g/mol. The Bertz CT molecular complexity index is 3120. The van der Waals surface area contributed by atoms with Gasteiger partial charge in [0.2, 0.25) is 0 Å². The lowest BCUT2D eigenvalue weighted by Crippen LogP contribution is -1.95. The quantitative estimate of drug-likeness (QED) is 0.186. The largest absolute Gasteiger partial charge is 0.454 e. The summed E-state index contributed by atoms with van der Waals surface area (Å²) in [5, 5.41) is 7.14. The van der Waals surface area contributed by atoms with Crippen LogP contribution in [0.25, 0.3) is 99.2 Å². The van der Waals surface area contributed by atoms with Crippen LogP contribution in [0.5, 0.6) is 0 Å². The molecule has 3 nitrogen and oxygen atoms in total. The molecule has 238 valence electrons. The van der Waals surface area contributed by atoms with Gasteiger partial charge in [-0.05, 0) is 76.9 Å². The average molecular weight is 651 g/mol. The van der Waals surface area contributed by atoms with Gasteiger partial charge in [0.15, 0.2) is 5.58 Å². The van der Waals surface area contributed by atoms with Gasteiger partial charge in [0.25, 0.3) is 0 Å². The Balaban J connectivity index is 1.13. The molecule has 0 aliphatic carbocycles. The maximum atomic E-state index is 6.57. The van der Waals surface area contributed by atoms with Crippen LogP contribution in [0.15, 0.2) is 186 Å². The summed E-state index contributed by atoms with van der Waals surface area (Å²) in [6, 6.07) is 65.4. The van der Waals surface area contributed by atoms with Gasteiger partial charge < -0.3 is 13.6 Å². The van der Waals surface area contributed by atoms with Crippen molar-refractivity contribution in [3.63, 3.8) is 0 Å². The minimum atomic E-state index is 0.901. The minimum Gasteiger partial charge on any atom is -0.454 e. The van der Waals surface area contributed by atoms with Gasteiger partial charge in [-0.1, -0.05) is 127 Å². The Morgan fingerprint density at radius 3 is 1.57 bits per heavy atom. The number of hydrogen-bond acceptors (Lipinski definition) is 1. The summed E-state index contributed by atoms with van der Waals surface area (Å²) in [7, 11) is 0. The van der Waals surface area contributed by atoms with E-state index in [1.54, 1.807) is 0 Å². The average Bonchev–Trinajstić information content (AvgIpc) is 3.85. The van der Waals surface area contributed by atoms with E-state index in [0.717, 1.165) is 44.3 Å². The molecule has 0 N–H and O–H groups in total. The molecule has 0 atom stereocenters. The number of rotatable bonds is 4. The molecule has 0 fully saturated rings. The van der Waals surface area contributed by atoms with Crippen molar-refractivity contribution in [2.24, 2.45) is 0 Å². The maximum absolute atomic E-state index is 6.57. The second kappa shape index (κ2) is 10.8. The van der Waals surface area contributed by atoms with Crippen LogP contribution in [0.1, 0.15) is 0 Å². The van der Waals surface area contributed by atoms with Gasteiger partial charge in [-0.15, -0.1) is 0 Å². The highest BCUT2D eigenvalue weighted by atomic mass is 16.3. The summed E-state index contributed by atoms with van der Waals surface area (Å²) in [6.45, 7) is 0. The van der Waals surface area contributed by atoms with Gasteiger partial charge in [-0.3, -0.25) is 0 Å². The maximum Gasteiger partial charge on any atom is 0.159 e. The van der Waals surface area contributed by atoms with E-state index < -0.39 is 0 Å². The van der Waals surface area contributed by atoms with Crippen LogP contribution in [0.4, 0.5) is 0 Å². The van der Waals surface area contributed by atoms with Crippen molar-refractivity contribution in [2.75, 3.05) is 0 Å². The Labute approximate surface area is 293 Å². The molecule has 0 spiro atoms. The number of nitrogens with zero attached hydrogens (tertiary/aromatic N) is 2. The summed E-state index contributed by atoms with van der Waals surface area (Å²) in [4.78, 5) is 0. The molecule has 0 saturated heterocycles. The third kappa shape index (κ3) is 4.19. The van der Waals surface area contributed by atoms with Crippen molar-refractivity contribution in [3.8, 4) is 33.6 Å². The van der Waals surface area contributed by atoms with E-state index in [4.69, 9.17) is 4.42 Å². The van der Waals surface area contributed by atoms with Crippen molar-refractivity contribution in [2.45, 2.75) is 0 Å². The molecule has 0 amide bonds. The van der Waals surface area contributed by atoms with Gasteiger partial charge in [0.1, 0.15) is 5.58 Å². The molecule has 11 aromatic rings. The van der Waals surface area contributed by atoms with Gasteiger partial charge in [-0.2, -0.15) is 0 Å². The molecule has 0 aliphatic rings. The highest BCUT2D eigenvalue weighted by molar-refractivity contribution is 6.19. The normalized spacial score (nSPS) is 11.9. The molecule has 0 aliphatic heterocycles. The van der Waals surface area contributed by atoms with Crippen molar-refractivity contribution in [1.82, 2.24) is 9.13 Å². The number of benzene rings is 8. The van der Waals surface area contributed by atoms with Gasteiger partial charge in [-0.25, -0.2) is 0 Å². The fraction of sp³-hybridized carbons (Fsp3) is 0. The fourth-order valence-electron chi connectivity index (χ4n) is 8.19. The first-order valence-electron chi connectivity index (χ1n) is 17.4. The number of furan rings is 1. The van der Waals surface area contributed by atoms with Crippen LogP contribution in [-0.2, 0) is 0 Å². The summed E-state index contributed by atoms with van der Waals surface area (Å²) >= 11 is 0. The molecule has 11 rings (SSSR count). The Kier molecular flexibility index (Phi) is 5.96. The summed E-state index contributed by atoms with van der Waals surface area (Å²) in [6.07, 6.45) is 0. The van der Waals surface area contributed by atoms with E-state index in [0.29, 0.717) is 0 Å². The molecule has 3 heterocycles. The number of para-hydroxylation sites is 4. The van der Waals surface area contributed by atoms with E-state index in [1.807, 2.05) is 6.07 Å². The first-order valence-corrected chi connectivity index (χ1v) is 17.4. The minimum absolute atomic E-state index is 0.901. The number of aromatic nitrogens is 2. The van der Waals surface area contributed by atoms with Gasteiger partial charge in [0.05, 0.1) is 27.8 Å². The van der Waals surface area contributed by atoms with Crippen molar-refractivity contribution in [3.05, 3.63) is 182 Å². The summed E-state index contributed by atoms with van der Waals surface area (Å²) < 4.78 is 11.4. The molecule has 0 bridgehead atoms. The zero-order valence-electron chi connectivity index (χ0n) is 27.6. The van der Waals surface area contributed by atoms with Crippen LogP contribution in [0.3, 0.4) is 0 Å². The van der Waals surface area contributed by atoms with Gasteiger partial charge in [0, 0.05) is 38.0 Å². The first kappa shape index (κ1) is 28.0. The van der Waals surface area contributed by atoms with Crippen molar-refractivity contribution >= 4 is 65.6 Å². The van der Waals surface area contributed by atoms with Crippen LogP contribution >= 0.6 is 0 Å². The standard InChI is InChI=1S/C48H30N2O/c1-2-12-31(13-3-1)33-14-10-15-34(28-33)32-24-26-35(27-25-32)49-42-20-7-4-16-36(42)40-30-46-41(29-45(40)49)37-17-5-8-21-43(37)50(46)44-22-11-19-39-38-18-6-9-23-47(38)51-48(39)44/h1-30H. The SMILES string of the molecule is c1ccc(-c2cccc(-c3ccc(-n4c5ccccc5c5cc6c(cc54)c4ccccc4n6-c4cccc5c4oc4ccccc45)cc3)c2)cc1. The third-order valence-corrected chi connectivity index (χ3v) is 10.5. The highest BCUT2D eigenvalue weighted by Gasteiger charge is 2.20. The molecule has 0 saturated carbocycles. The zero-order chi connectivity index (χ0) is 33.5. The van der Waals surface area contributed by atoms with E-state index >= 15 is 0 Å². The van der Waals surface area contributed by atoms with Gasteiger partial charge >= 0.3 is 0 Å². The second-order valence-electron chi connectivity index (χ2n) is 13.3. The Morgan fingerprint density at radius 2 is 0.843 bits per heavy atom. The Hall–Kier alpha value is -6.84. The summed E-state index contributed by atoms with van der Waals surface area (Å²) in [5.74, 6) is 0. The van der Waals surface area contributed by atoms with Crippen LogP contribution in [-0.4, -0.2) is 9.13 Å². The third-order valence-electron chi connectivity index (χ3n) is 10.5. The lowest BCUT2D eigenvalue weighted by molar-refractivity contribution is 0.666. The zero-order valence-corrected chi connectivity index (χ0v) is 27.6. The van der Waals surface area contributed by atoms with E-state index in [9.17, 15) is 0 Å². The molecule has 51 heavy (non-hydrogen) atoms. The van der Waals surface area contributed by atoms with Crippen LogP contribution in [0.2, 0.25) is 0 Å². The highest BCUT2D eigenvalue weighted by Crippen LogP contribution is 2.42. The molecule has 0 radical (unpaired) electrons. The molecular weight excluding hydrogens is 621 g/mol. The lowest BCUT2D eigenvalue weighted by atomic mass is 9.99. The number of hydrogen-bond donors (Lipinski definition) is 0. The first-order chi connectivity index (χ1) is 25.3.